The second kappa shape index (κ2) is 10.1. The Bertz CT molecular complexity index is 949. The molecule has 0 N–H and O–H groups in total. The standard InChI is InChI=1S/C24H22O5/c1-2-15-27-24(26)20-9-6-10-22(16-20)29-23(25)17-28-21-13-11-19(12-14-21)18-7-4-3-5-8-18/h3-14,16H,2,15,17H2,1H3. The fourth-order valence-corrected chi connectivity index (χ4v) is 2.64. The number of rotatable bonds is 8. The maximum Gasteiger partial charge on any atom is 0.349 e. The average Bonchev–Trinajstić information content (AvgIpc) is 2.77. The summed E-state index contributed by atoms with van der Waals surface area (Å²) in [5.41, 5.74) is 2.50. The van der Waals surface area contributed by atoms with Crippen molar-refractivity contribution in [3.05, 3.63) is 84.4 Å². The number of esters is 2. The molecule has 0 saturated heterocycles. The molecule has 0 fully saturated rings. The Kier molecular flexibility index (Phi) is 7.00. The van der Waals surface area contributed by atoms with Crippen molar-refractivity contribution in [1.82, 2.24) is 0 Å². The van der Waals surface area contributed by atoms with Gasteiger partial charge in [0.1, 0.15) is 11.5 Å². The molecule has 3 aromatic rings. The van der Waals surface area contributed by atoms with Gasteiger partial charge in [0.05, 0.1) is 12.2 Å². The summed E-state index contributed by atoms with van der Waals surface area (Å²) >= 11 is 0. The summed E-state index contributed by atoms with van der Waals surface area (Å²) < 4.78 is 15.8. The lowest BCUT2D eigenvalue weighted by Gasteiger charge is -2.09. The first-order valence-corrected chi connectivity index (χ1v) is 9.42. The zero-order valence-electron chi connectivity index (χ0n) is 16.2. The van der Waals surface area contributed by atoms with Crippen LogP contribution in [0.5, 0.6) is 11.5 Å². The van der Waals surface area contributed by atoms with Gasteiger partial charge in [0.2, 0.25) is 0 Å². The highest BCUT2D eigenvalue weighted by Gasteiger charge is 2.11. The van der Waals surface area contributed by atoms with Crippen LogP contribution in [0.1, 0.15) is 23.7 Å². The molecule has 0 spiro atoms. The van der Waals surface area contributed by atoms with E-state index in [0.717, 1.165) is 17.5 Å². The predicted octanol–water partition coefficient (Wildman–Crippen LogP) is 4.90. The van der Waals surface area contributed by atoms with Gasteiger partial charge < -0.3 is 14.2 Å². The molecule has 29 heavy (non-hydrogen) atoms. The van der Waals surface area contributed by atoms with Crippen LogP contribution >= 0.6 is 0 Å². The average molecular weight is 390 g/mol. The van der Waals surface area contributed by atoms with Crippen LogP contribution in [0.25, 0.3) is 11.1 Å². The van der Waals surface area contributed by atoms with Gasteiger partial charge in [-0.1, -0.05) is 55.5 Å². The summed E-state index contributed by atoms with van der Waals surface area (Å²) in [4.78, 5) is 24.0. The Balaban J connectivity index is 1.53. The number of carbonyl (C=O) groups is 2. The molecule has 0 aromatic heterocycles. The largest absolute Gasteiger partial charge is 0.482 e. The second-order valence-corrected chi connectivity index (χ2v) is 6.32. The normalized spacial score (nSPS) is 10.2. The summed E-state index contributed by atoms with van der Waals surface area (Å²) in [7, 11) is 0. The minimum atomic E-state index is -0.559. The Labute approximate surface area is 169 Å². The van der Waals surface area contributed by atoms with Crippen LogP contribution in [0.15, 0.2) is 78.9 Å². The number of ether oxygens (including phenoxy) is 3. The lowest BCUT2D eigenvalue weighted by molar-refractivity contribution is -0.136. The molecule has 5 heteroatoms. The molecule has 0 bridgehead atoms. The maximum absolute atomic E-state index is 12.1. The van der Waals surface area contributed by atoms with Crippen molar-refractivity contribution in [2.45, 2.75) is 13.3 Å². The first-order chi connectivity index (χ1) is 14.2. The molecule has 0 heterocycles. The lowest BCUT2D eigenvalue weighted by atomic mass is 10.1. The van der Waals surface area contributed by atoms with E-state index in [-0.39, 0.29) is 12.4 Å². The third kappa shape index (κ3) is 5.94. The van der Waals surface area contributed by atoms with E-state index in [9.17, 15) is 9.59 Å². The van der Waals surface area contributed by atoms with Crippen molar-refractivity contribution in [2.75, 3.05) is 13.2 Å². The summed E-state index contributed by atoms with van der Waals surface area (Å²) in [6.07, 6.45) is 0.740. The van der Waals surface area contributed by atoms with Gasteiger partial charge in [-0.05, 0) is 47.9 Å². The molecule has 0 atom stereocenters. The first-order valence-electron chi connectivity index (χ1n) is 9.42. The molecule has 0 aliphatic heterocycles. The van der Waals surface area contributed by atoms with Gasteiger partial charge in [-0.2, -0.15) is 0 Å². The van der Waals surface area contributed by atoms with Crippen LogP contribution in [0.2, 0.25) is 0 Å². The minimum absolute atomic E-state index is 0.241. The van der Waals surface area contributed by atoms with Crippen molar-refractivity contribution in [1.29, 1.82) is 0 Å². The van der Waals surface area contributed by atoms with Crippen LogP contribution < -0.4 is 9.47 Å². The van der Waals surface area contributed by atoms with Crippen LogP contribution in [-0.4, -0.2) is 25.2 Å². The van der Waals surface area contributed by atoms with E-state index in [1.807, 2.05) is 49.4 Å². The molecule has 0 saturated carbocycles. The molecule has 5 nitrogen and oxygen atoms in total. The third-order valence-corrected chi connectivity index (χ3v) is 4.06. The molecule has 0 radical (unpaired) electrons. The van der Waals surface area contributed by atoms with Gasteiger partial charge in [0.15, 0.2) is 6.61 Å². The Morgan fingerprint density at radius 2 is 1.52 bits per heavy atom. The van der Waals surface area contributed by atoms with E-state index in [4.69, 9.17) is 14.2 Å². The Morgan fingerprint density at radius 1 is 0.793 bits per heavy atom. The first kappa shape index (κ1) is 20.1. The highest BCUT2D eigenvalue weighted by molar-refractivity contribution is 5.90. The molecule has 3 rings (SSSR count). The summed E-state index contributed by atoms with van der Waals surface area (Å²) in [5, 5.41) is 0. The van der Waals surface area contributed by atoms with Gasteiger partial charge >= 0.3 is 11.9 Å². The fraction of sp³-hybridized carbons (Fsp3) is 0.167. The van der Waals surface area contributed by atoms with Crippen molar-refractivity contribution < 1.29 is 23.8 Å². The third-order valence-electron chi connectivity index (χ3n) is 4.06. The van der Waals surface area contributed by atoms with Crippen LogP contribution in [0.3, 0.4) is 0 Å². The van der Waals surface area contributed by atoms with E-state index in [1.165, 1.54) is 6.07 Å². The monoisotopic (exact) mass is 390 g/mol. The minimum Gasteiger partial charge on any atom is -0.482 e. The molecule has 0 aliphatic rings. The van der Waals surface area contributed by atoms with Crippen molar-refractivity contribution in [3.63, 3.8) is 0 Å². The maximum atomic E-state index is 12.1. The van der Waals surface area contributed by atoms with Gasteiger partial charge in [-0.15, -0.1) is 0 Å². The predicted molar refractivity (Wildman–Crippen MR) is 110 cm³/mol. The highest BCUT2D eigenvalue weighted by atomic mass is 16.6. The molecular weight excluding hydrogens is 368 g/mol. The molecule has 3 aromatic carbocycles. The van der Waals surface area contributed by atoms with Crippen LogP contribution in [0.4, 0.5) is 0 Å². The van der Waals surface area contributed by atoms with Gasteiger partial charge in [0.25, 0.3) is 0 Å². The van der Waals surface area contributed by atoms with Crippen molar-refractivity contribution in [2.24, 2.45) is 0 Å². The lowest BCUT2D eigenvalue weighted by Crippen LogP contribution is -2.18. The SMILES string of the molecule is CCCOC(=O)c1cccc(OC(=O)COc2ccc(-c3ccccc3)cc2)c1. The number of benzene rings is 3. The highest BCUT2D eigenvalue weighted by Crippen LogP contribution is 2.22. The number of carbonyl (C=O) groups excluding carboxylic acids is 2. The van der Waals surface area contributed by atoms with Gasteiger partial charge in [-0.3, -0.25) is 0 Å². The quantitative estimate of drug-likeness (QED) is 0.404. The van der Waals surface area contributed by atoms with Crippen molar-refractivity contribution >= 4 is 11.9 Å². The summed E-state index contributed by atoms with van der Waals surface area (Å²) in [5.74, 6) is -0.168. The van der Waals surface area contributed by atoms with Crippen LogP contribution in [-0.2, 0) is 9.53 Å². The van der Waals surface area contributed by atoms with Gasteiger partial charge in [-0.25, -0.2) is 9.59 Å². The zero-order valence-corrected chi connectivity index (χ0v) is 16.2. The number of hydrogen-bond acceptors (Lipinski definition) is 5. The van der Waals surface area contributed by atoms with Crippen molar-refractivity contribution in [3.8, 4) is 22.6 Å². The summed E-state index contributed by atoms with van der Waals surface area (Å²) in [6, 6.07) is 23.8. The van der Waals surface area contributed by atoms with Crippen LogP contribution in [0, 0.1) is 0 Å². The molecular formula is C24H22O5. The Hall–Kier alpha value is -3.60. The van der Waals surface area contributed by atoms with E-state index < -0.39 is 11.9 Å². The second-order valence-electron chi connectivity index (χ2n) is 6.32. The summed E-state index contributed by atoms with van der Waals surface area (Å²) in [6.45, 7) is 2.02. The van der Waals surface area contributed by atoms with E-state index >= 15 is 0 Å². The molecule has 0 aliphatic carbocycles. The molecule has 0 unspecified atom stereocenters. The van der Waals surface area contributed by atoms with Gasteiger partial charge in [0, 0.05) is 0 Å². The smallest absolute Gasteiger partial charge is 0.349 e. The van der Waals surface area contributed by atoms with E-state index in [1.54, 1.807) is 30.3 Å². The van der Waals surface area contributed by atoms with E-state index in [2.05, 4.69) is 0 Å². The van der Waals surface area contributed by atoms with E-state index in [0.29, 0.717) is 17.9 Å². The fourth-order valence-electron chi connectivity index (χ4n) is 2.64. The molecule has 0 amide bonds. The topological polar surface area (TPSA) is 61.8 Å². The zero-order chi connectivity index (χ0) is 20.5. The number of hydrogen-bond donors (Lipinski definition) is 0. The Morgan fingerprint density at radius 3 is 2.24 bits per heavy atom. The molecule has 148 valence electrons.